The third kappa shape index (κ3) is 2.53. The van der Waals surface area contributed by atoms with Gasteiger partial charge in [0.15, 0.2) is 5.84 Å². The first-order valence-electron chi connectivity index (χ1n) is 6.02. The SMILES string of the molecule is CC(C(N)=NO)N(C)C(=O)C1CSc2ccccc21. The van der Waals surface area contributed by atoms with Crippen LogP contribution in [0.3, 0.4) is 0 Å². The molecule has 0 saturated heterocycles. The molecule has 5 nitrogen and oxygen atoms in total. The largest absolute Gasteiger partial charge is 0.409 e. The summed E-state index contributed by atoms with van der Waals surface area (Å²) in [5.74, 6) is 0.622. The van der Waals surface area contributed by atoms with Gasteiger partial charge in [-0.15, -0.1) is 11.8 Å². The lowest BCUT2D eigenvalue weighted by molar-refractivity contribution is -0.131. The highest BCUT2D eigenvalue weighted by atomic mass is 32.2. The van der Waals surface area contributed by atoms with Gasteiger partial charge in [0.2, 0.25) is 5.91 Å². The number of rotatable bonds is 3. The summed E-state index contributed by atoms with van der Waals surface area (Å²) in [7, 11) is 1.68. The fourth-order valence-corrected chi connectivity index (χ4v) is 3.31. The zero-order valence-corrected chi connectivity index (χ0v) is 11.7. The fraction of sp³-hybridized carbons (Fsp3) is 0.385. The first-order chi connectivity index (χ1) is 9.06. The number of amides is 1. The van der Waals surface area contributed by atoms with Gasteiger partial charge in [-0.2, -0.15) is 0 Å². The van der Waals surface area contributed by atoms with Crippen molar-refractivity contribution in [2.24, 2.45) is 10.9 Å². The van der Waals surface area contributed by atoms with Crippen LogP contribution in [0.4, 0.5) is 0 Å². The molecular formula is C13H17N3O2S. The van der Waals surface area contributed by atoms with Crippen molar-refractivity contribution in [1.29, 1.82) is 0 Å². The van der Waals surface area contributed by atoms with Crippen LogP contribution in [0, 0.1) is 0 Å². The molecule has 6 heteroatoms. The number of oxime groups is 1. The van der Waals surface area contributed by atoms with E-state index in [0.29, 0.717) is 0 Å². The number of benzene rings is 1. The minimum atomic E-state index is -0.421. The van der Waals surface area contributed by atoms with E-state index in [1.807, 2.05) is 24.3 Å². The van der Waals surface area contributed by atoms with E-state index in [4.69, 9.17) is 10.9 Å². The summed E-state index contributed by atoms with van der Waals surface area (Å²) in [6.07, 6.45) is 0. The predicted octanol–water partition coefficient (Wildman–Crippen LogP) is 1.47. The van der Waals surface area contributed by atoms with Gasteiger partial charge >= 0.3 is 0 Å². The van der Waals surface area contributed by atoms with Crippen LogP contribution in [0.15, 0.2) is 34.3 Å². The molecule has 0 aromatic heterocycles. The molecule has 0 spiro atoms. The molecule has 0 radical (unpaired) electrons. The summed E-state index contributed by atoms with van der Waals surface area (Å²) < 4.78 is 0. The molecule has 1 heterocycles. The second-order valence-electron chi connectivity index (χ2n) is 4.55. The maximum atomic E-state index is 12.5. The Morgan fingerprint density at radius 3 is 2.95 bits per heavy atom. The average molecular weight is 279 g/mol. The van der Waals surface area contributed by atoms with Crippen LogP contribution in [0.5, 0.6) is 0 Å². The summed E-state index contributed by atoms with van der Waals surface area (Å²) in [6.45, 7) is 1.74. The summed E-state index contributed by atoms with van der Waals surface area (Å²) in [5, 5.41) is 11.6. The molecule has 1 aromatic carbocycles. The van der Waals surface area contributed by atoms with Gasteiger partial charge in [-0.25, -0.2) is 0 Å². The van der Waals surface area contributed by atoms with E-state index in [-0.39, 0.29) is 17.7 Å². The van der Waals surface area contributed by atoms with Gasteiger partial charge in [0.05, 0.1) is 12.0 Å². The number of nitrogens with zero attached hydrogens (tertiary/aromatic N) is 2. The third-order valence-corrected chi connectivity index (χ3v) is 4.65. The molecule has 2 rings (SSSR count). The van der Waals surface area contributed by atoms with Crippen molar-refractivity contribution < 1.29 is 10.0 Å². The maximum absolute atomic E-state index is 12.5. The predicted molar refractivity (Wildman–Crippen MR) is 75.5 cm³/mol. The highest BCUT2D eigenvalue weighted by Gasteiger charge is 2.33. The Labute approximate surface area is 116 Å². The molecule has 0 bridgehead atoms. The van der Waals surface area contributed by atoms with Crippen LogP contribution < -0.4 is 5.73 Å². The second kappa shape index (κ2) is 5.52. The zero-order chi connectivity index (χ0) is 14.0. The topological polar surface area (TPSA) is 78.9 Å². The first kappa shape index (κ1) is 13.7. The van der Waals surface area contributed by atoms with Gasteiger partial charge in [-0.1, -0.05) is 23.4 Å². The fourth-order valence-electron chi connectivity index (χ4n) is 2.09. The van der Waals surface area contributed by atoms with E-state index < -0.39 is 6.04 Å². The number of nitrogens with two attached hydrogens (primary N) is 1. The molecule has 1 amide bonds. The van der Waals surface area contributed by atoms with Crippen molar-refractivity contribution in [3.05, 3.63) is 29.8 Å². The van der Waals surface area contributed by atoms with Gasteiger partial charge in [0, 0.05) is 17.7 Å². The molecule has 3 N–H and O–H groups in total. The van der Waals surface area contributed by atoms with Crippen molar-refractivity contribution in [1.82, 2.24) is 4.90 Å². The monoisotopic (exact) mass is 279 g/mol. The molecule has 0 fully saturated rings. The molecule has 1 aliphatic rings. The summed E-state index contributed by atoms with van der Waals surface area (Å²) in [6, 6.07) is 7.51. The van der Waals surface area contributed by atoms with E-state index in [1.165, 1.54) is 4.90 Å². The quantitative estimate of drug-likeness (QED) is 0.380. The highest BCUT2D eigenvalue weighted by Crippen LogP contribution is 2.40. The van der Waals surface area contributed by atoms with Crippen LogP contribution in [0.1, 0.15) is 18.4 Å². The van der Waals surface area contributed by atoms with Crippen LogP contribution in [-0.2, 0) is 4.79 Å². The number of likely N-dealkylation sites (N-methyl/N-ethyl adjacent to an activating group) is 1. The van der Waals surface area contributed by atoms with Crippen molar-refractivity contribution in [2.75, 3.05) is 12.8 Å². The molecule has 0 saturated carbocycles. The summed E-state index contributed by atoms with van der Waals surface area (Å²) in [4.78, 5) is 15.2. The number of carbonyl (C=O) groups is 1. The Morgan fingerprint density at radius 2 is 2.26 bits per heavy atom. The molecule has 19 heavy (non-hydrogen) atoms. The third-order valence-electron chi connectivity index (χ3n) is 3.47. The van der Waals surface area contributed by atoms with Crippen molar-refractivity contribution >= 4 is 23.5 Å². The van der Waals surface area contributed by atoms with E-state index in [0.717, 1.165) is 16.2 Å². The van der Waals surface area contributed by atoms with E-state index in [9.17, 15) is 4.79 Å². The normalized spacial score (nSPS) is 19.9. The van der Waals surface area contributed by atoms with E-state index in [2.05, 4.69) is 5.16 Å². The Kier molecular flexibility index (Phi) is 3.99. The number of thioether (sulfide) groups is 1. The number of fused-ring (bicyclic) bond motifs is 1. The van der Waals surface area contributed by atoms with Gasteiger partial charge in [-0.3, -0.25) is 4.79 Å². The van der Waals surface area contributed by atoms with E-state index >= 15 is 0 Å². The Hall–Kier alpha value is -1.69. The van der Waals surface area contributed by atoms with Crippen molar-refractivity contribution in [3.63, 3.8) is 0 Å². The van der Waals surface area contributed by atoms with E-state index in [1.54, 1.807) is 25.7 Å². The van der Waals surface area contributed by atoms with Crippen molar-refractivity contribution in [2.45, 2.75) is 23.8 Å². The van der Waals surface area contributed by atoms with Gasteiger partial charge in [0.25, 0.3) is 0 Å². The van der Waals surface area contributed by atoms with Gasteiger partial charge < -0.3 is 15.8 Å². The standard InChI is InChI=1S/C13H17N3O2S/c1-8(12(14)15-18)16(2)13(17)10-7-19-11-6-4-3-5-9(10)11/h3-6,8,10,18H,7H2,1-2H3,(H2,14,15). The average Bonchev–Trinajstić information content (AvgIpc) is 2.87. The van der Waals surface area contributed by atoms with Crippen molar-refractivity contribution in [3.8, 4) is 0 Å². The smallest absolute Gasteiger partial charge is 0.231 e. The molecular weight excluding hydrogens is 262 g/mol. The lowest BCUT2D eigenvalue weighted by atomic mass is 9.99. The highest BCUT2D eigenvalue weighted by molar-refractivity contribution is 7.99. The molecule has 102 valence electrons. The molecule has 0 aliphatic carbocycles. The summed E-state index contributed by atoms with van der Waals surface area (Å²) >= 11 is 1.69. The van der Waals surface area contributed by atoms with Crippen LogP contribution in [0.2, 0.25) is 0 Å². The Balaban J connectivity index is 2.18. The maximum Gasteiger partial charge on any atom is 0.231 e. The first-order valence-corrected chi connectivity index (χ1v) is 7.00. The molecule has 1 aromatic rings. The van der Waals surface area contributed by atoms with Gasteiger partial charge in [0.1, 0.15) is 0 Å². The Bertz CT molecular complexity index is 518. The summed E-state index contributed by atoms with van der Waals surface area (Å²) in [5.41, 5.74) is 6.62. The molecule has 2 unspecified atom stereocenters. The number of amidine groups is 1. The molecule has 2 atom stereocenters. The second-order valence-corrected chi connectivity index (χ2v) is 5.61. The lowest BCUT2D eigenvalue weighted by Crippen LogP contribution is -2.45. The van der Waals surface area contributed by atoms with Crippen LogP contribution in [-0.4, -0.2) is 40.7 Å². The lowest BCUT2D eigenvalue weighted by Gasteiger charge is -2.26. The Morgan fingerprint density at radius 1 is 1.58 bits per heavy atom. The zero-order valence-electron chi connectivity index (χ0n) is 10.9. The number of hydrogen-bond donors (Lipinski definition) is 2. The minimum Gasteiger partial charge on any atom is -0.409 e. The van der Waals surface area contributed by atoms with Gasteiger partial charge in [-0.05, 0) is 18.6 Å². The minimum absolute atomic E-state index is 0.00319. The molecule has 1 aliphatic heterocycles. The number of hydrogen-bond acceptors (Lipinski definition) is 4. The van der Waals surface area contributed by atoms with Crippen LogP contribution in [0.25, 0.3) is 0 Å². The van der Waals surface area contributed by atoms with Crippen LogP contribution >= 0.6 is 11.8 Å². The number of carbonyl (C=O) groups excluding carboxylic acids is 1.